The van der Waals surface area contributed by atoms with Crippen molar-refractivity contribution in [2.75, 3.05) is 26.7 Å². The molecule has 0 radical (unpaired) electrons. The van der Waals surface area contributed by atoms with Crippen molar-refractivity contribution in [2.24, 2.45) is 5.92 Å². The first-order valence-corrected chi connectivity index (χ1v) is 5.59. The maximum absolute atomic E-state index is 11.4. The number of nitrogens with one attached hydrogen (secondary N) is 1. The molecule has 1 fully saturated rings. The lowest BCUT2D eigenvalue weighted by molar-refractivity contribution is -0.136. The Morgan fingerprint density at radius 1 is 1.47 bits per heavy atom. The molecule has 88 valence electrons. The van der Waals surface area contributed by atoms with Crippen molar-refractivity contribution in [3.8, 4) is 0 Å². The molecule has 1 amide bonds. The van der Waals surface area contributed by atoms with Gasteiger partial charge in [-0.15, -0.1) is 0 Å². The Hall–Kier alpha value is -0.610. The van der Waals surface area contributed by atoms with Crippen LogP contribution in [0.15, 0.2) is 0 Å². The molecule has 1 saturated heterocycles. The van der Waals surface area contributed by atoms with Crippen molar-refractivity contribution >= 4 is 5.91 Å². The molecule has 0 aromatic rings. The Morgan fingerprint density at radius 2 is 2.00 bits per heavy atom. The Kier molecular flexibility index (Phi) is 4.11. The van der Waals surface area contributed by atoms with Gasteiger partial charge in [-0.1, -0.05) is 0 Å². The fraction of sp³-hybridized carbons (Fsp3) is 0.909. The van der Waals surface area contributed by atoms with Gasteiger partial charge in [-0.3, -0.25) is 4.79 Å². The van der Waals surface area contributed by atoms with Crippen molar-refractivity contribution in [3.05, 3.63) is 0 Å². The number of hydrogen-bond donors (Lipinski definition) is 2. The number of hydrogen-bond acceptors (Lipinski definition) is 3. The second-order valence-corrected chi connectivity index (χ2v) is 5.02. The Labute approximate surface area is 91.6 Å². The molecule has 0 aliphatic carbocycles. The van der Waals surface area contributed by atoms with Crippen LogP contribution in [0.2, 0.25) is 0 Å². The molecule has 0 atom stereocenters. The molecule has 2 N–H and O–H groups in total. The minimum atomic E-state index is -1.26. The van der Waals surface area contributed by atoms with Crippen LogP contribution >= 0.6 is 0 Å². The minimum Gasteiger partial charge on any atom is -0.381 e. The van der Waals surface area contributed by atoms with Gasteiger partial charge in [0.15, 0.2) is 0 Å². The van der Waals surface area contributed by atoms with Gasteiger partial charge in [0, 0.05) is 6.54 Å². The molecule has 0 aromatic heterocycles. The molecule has 0 saturated carbocycles. The number of carbonyl (C=O) groups is 1. The van der Waals surface area contributed by atoms with E-state index in [-0.39, 0.29) is 5.91 Å². The molecule has 15 heavy (non-hydrogen) atoms. The monoisotopic (exact) mass is 214 g/mol. The summed E-state index contributed by atoms with van der Waals surface area (Å²) in [6, 6.07) is 0. The van der Waals surface area contributed by atoms with Gasteiger partial charge in [-0.25, -0.2) is 0 Å². The second-order valence-electron chi connectivity index (χ2n) is 5.02. The molecule has 4 nitrogen and oxygen atoms in total. The van der Waals surface area contributed by atoms with E-state index in [2.05, 4.69) is 17.3 Å². The average Bonchev–Trinajstić information content (AvgIpc) is 2.15. The van der Waals surface area contributed by atoms with E-state index in [1.807, 2.05) is 0 Å². The summed E-state index contributed by atoms with van der Waals surface area (Å²) in [5, 5.41) is 12.2. The molecule has 0 unspecified atom stereocenters. The highest BCUT2D eigenvalue weighted by molar-refractivity contribution is 5.83. The van der Waals surface area contributed by atoms with E-state index in [4.69, 9.17) is 0 Å². The first kappa shape index (κ1) is 12.5. The fourth-order valence-electron chi connectivity index (χ4n) is 1.72. The first-order valence-electron chi connectivity index (χ1n) is 5.59. The summed E-state index contributed by atoms with van der Waals surface area (Å²) in [6.45, 7) is 5.91. The standard InChI is InChI=1S/C11H22N2O2/c1-11(2,15)10(14)12-8-9-4-6-13(3)7-5-9/h9,15H,4-8H2,1-3H3,(H,12,14). The number of piperidine rings is 1. The second kappa shape index (κ2) is 4.94. The molecule has 1 aliphatic rings. The fourth-order valence-corrected chi connectivity index (χ4v) is 1.72. The highest BCUT2D eigenvalue weighted by atomic mass is 16.3. The SMILES string of the molecule is CN1CCC(CNC(=O)C(C)(C)O)CC1. The van der Waals surface area contributed by atoms with Crippen LogP contribution in [0.5, 0.6) is 0 Å². The van der Waals surface area contributed by atoms with Crippen LogP contribution in [0.25, 0.3) is 0 Å². The summed E-state index contributed by atoms with van der Waals surface area (Å²) in [4.78, 5) is 13.7. The number of amides is 1. The molecular weight excluding hydrogens is 192 g/mol. The zero-order valence-corrected chi connectivity index (χ0v) is 9.92. The predicted molar refractivity (Wildman–Crippen MR) is 59.5 cm³/mol. The lowest BCUT2D eigenvalue weighted by Crippen LogP contribution is -2.45. The van der Waals surface area contributed by atoms with Gasteiger partial charge in [0.2, 0.25) is 0 Å². The third-order valence-electron chi connectivity index (χ3n) is 2.95. The van der Waals surface area contributed by atoms with E-state index in [9.17, 15) is 9.90 Å². The van der Waals surface area contributed by atoms with Crippen LogP contribution in [-0.2, 0) is 4.79 Å². The van der Waals surface area contributed by atoms with Gasteiger partial charge in [0.25, 0.3) is 5.91 Å². The van der Waals surface area contributed by atoms with Crippen molar-refractivity contribution in [2.45, 2.75) is 32.3 Å². The van der Waals surface area contributed by atoms with Crippen LogP contribution in [0.1, 0.15) is 26.7 Å². The molecule has 0 spiro atoms. The Morgan fingerprint density at radius 3 is 2.47 bits per heavy atom. The average molecular weight is 214 g/mol. The summed E-state index contributed by atoms with van der Waals surface area (Å²) >= 11 is 0. The van der Waals surface area contributed by atoms with Crippen molar-refractivity contribution in [3.63, 3.8) is 0 Å². The zero-order valence-electron chi connectivity index (χ0n) is 9.92. The van der Waals surface area contributed by atoms with E-state index in [1.165, 1.54) is 13.8 Å². The predicted octanol–water partition coefficient (Wildman–Crippen LogP) is 0.215. The van der Waals surface area contributed by atoms with Gasteiger partial charge in [0.05, 0.1) is 0 Å². The van der Waals surface area contributed by atoms with E-state index in [1.54, 1.807) is 0 Å². The van der Waals surface area contributed by atoms with E-state index in [0.29, 0.717) is 12.5 Å². The van der Waals surface area contributed by atoms with Crippen LogP contribution in [0, 0.1) is 5.92 Å². The molecule has 1 heterocycles. The van der Waals surface area contributed by atoms with Crippen LogP contribution in [0.3, 0.4) is 0 Å². The third-order valence-corrected chi connectivity index (χ3v) is 2.95. The molecule has 1 aliphatic heterocycles. The minimum absolute atomic E-state index is 0.276. The molecular formula is C11H22N2O2. The van der Waals surface area contributed by atoms with Crippen molar-refractivity contribution in [1.82, 2.24) is 10.2 Å². The van der Waals surface area contributed by atoms with Gasteiger partial charge >= 0.3 is 0 Å². The largest absolute Gasteiger partial charge is 0.381 e. The Bertz CT molecular complexity index is 215. The normalized spacial score (nSPS) is 20.3. The van der Waals surface area contributed by atoms with Crippen LogP contribution in [-0.4, -0.2) is 48.2 Å². The molecule has 0 aromatic carbocycles. The van der Waals surface area contributed by atoms with Gasteiger partial charge in [-0.2, -0.15) is 0 Å². The summed E-state index contributed by atoms with van der Waals surface area (Å²) in [7, 11) is 2.12. The van der Waals surface area contributed by atoms with Gasteiger partial charge < -0.3 is 15.3 Å². The summed E-state index contributed by atoms with van der Waals surface area (Å²) < 4.78 is 0. The smallest absolute Gasteiger partial charge is 0.251 e. The van der Waals surface area contributed by atoms with E-state index < -0.39 is 5.60 Å². The number of rotatable bonds is 3. The zero-order chi connectivity index (χ0) is 11.5. The molecule has 4 heteroatoms. The van der Waals surface area contributed by atoms with E-state index >= 15 is 0 Å². The summed E-state index contributed by atoms with van der Waals surface area (Å²) in [5.41, 5.74) is -1.26. The number of likely N-dealkylation sites (tertiary alicyclic amines) is 1. The number of nitrogens with zero attached hydrogens (tertiary/aromatic N) is 1. The van der Waals surface area contributed by atoms with Crippen LogP contribution in [0.4, 0.5) is 0 Å². The highest BCUT2D eigenvalue weighted by Gasteiger charge is 2.24. The van der Waals surface area contributed by atoms with E-state index in [0.717, 1.165) is 25.9 Å². The van der Waals surface area contributed by atoms with Gasteiger partial charge in [0.1, 0.15) is 5.60 Å². The summed E-state index contributed by atoms with van der Waals surface area (Å²) in [6.07, 6.45) is 2.26. The maximum atomic E-state index is 11.4. The quantitative estimate of drug-likeness (QED) is 0.706. The first-order chi connectivity index (χ1) is 6.89. The third kappa shape index (κ3) is 4.18. The summed E-state index contributed by atoms with van der Waals surface area (Å²) in [5.74, 6) is 0.286. The topological polar surface area (TPSA) is 52.6 Å². The number of carbonyl (C=O) groups excluding carboxylic acids is 1. The van der Waals surface area contributed by atoms with Gasteiger partial charge in [-0.05, 0) is 52.7 Å². The highest BCUT2D eigenvalue weighted by Crippen LogP contribution is 2.15. The Balaban J connectivity index is 2.23. The van der Waals surface area contributed by atoms with Crippen molar-refractivity contribution < 1.29 is 9.90 Å². The molecule has 1 rings (SSSR count). The maximum Gasteiger partial charge on any atom is 0.251 e. The van der Waals surface area contributed by atoms with Crippen molar-refractivity contribution in [1.29, 1.82) is 0 Å². The number of aliphatic hydroxyl groups is 1. The lowest BCUT2D eigenvalue weighted by Gasteiger charge is -2.29. The molecule has 0 bridgehead atoms. The lowest BCUT2D eigenvalue weighted by atomic mass is 9.97. The van der Waals surface area contributed by atoms with Crippen LogP contribution < -0.4 is 5.32 Å².